The minimum Gasteiger partial charge on any atom is -0.454 e. The number of furan rings is 1. The van der Waals surface area contributed by atoms with Crippen LogP contribution in [-0.2, 0) is 0 Å². The number of aromatic nitrogens is 8. The third kappa shape index (κ3) is 7.03. The summed E-state index contributed by atoms with van der Waals surface area (Å²) in [6, 6.07) is 83.5. The summed E-state index contributed by atoms with van der Waals surface area (Å²) in [6.45, 7) is 0. The Morgan fingerprint density at radius 3 is 1.29 bits per heavy atom. The average Bonchev–Trinajstić information content (AvgIpc) is 3.57. The topological polar surface area (TPSA) is 92.4 Å². The van der Waals surface area contributed by atoms with E-state index in [-0.39, 0.29) is 0 Å². The fourth-order valence-corrected chi connectivity index (χ4v) is 12.7. The van der Waals surface area contributed by atoms with Gasteiger partial charge in [0.1, 0.15) is 5.58 Å². The molecule has 0 unspecified atom stereocenters. The second kappa shape index (κ2) is 18.1. The first-order chi connectivity index (χ1) is 40.7. The summed E-state index contributed by atoms with van der Waals surface area (Å²) in [7, 11) is 0. The smallest absolute Gasteiger partial charge is 0.159 e. The Morgan fingerprint density at radius 2 is 0.732 bits per heavy atom. The van der Waals surface area contributed by atoms with Gasteiger partial charge in [-0.2, -0.15) is 0 Å². The predicted molar refractivity (Wildman–Crippen MR) is 333 cm³/mol. The Morgan fingerprint density at radius 1 is 0.268 bits per heavy atom. The number of benzene rings is 8. The van der Waals surface area contributed by atoms with Crippen LogP contribution >= 0.6 is 0 Å². The van der Waals surface area contributed by atoms with Gasteiger partial charge in [0.25, 0.3) is 0 Å². The Labute approximate surface area is 468 Å². The molecule has 0 bridgehead atoms. The first-order valence-corrected chi connectivity index (χ1v) is 27.4. The molecule has 0 atom stereocenters. The highest BCUT2D eigenvalue weighted by Crippen LogP contribution is 2.45. The van der Waals surface area contributed by atoms with Crippen LogP contribution in [0.25, 0.3) is 161 Å². The molecule has 0 aliphatic carbocycles. The standard InChI is InChI=1S/C73H44N8O/c1-2-15-49(16-3-1)79-62-30-26-45(39-57(62)70-65(79)23-12-36-76-70)48-42-56-55-44-50(80-63-31-27-46(40-58(63)71-66(80)24-13-37-77-71)51-17-4-6-19-53(51)60-21-8-10-34-74-60)29-33-69(55)82-73(56)68(43-48)81-64-32-28-47(41-59(64)72-67(81)25-14-38-78-72)52-18-5-7-20-54(52)61-22-9-11-35-75-61/h1-44H. The van der Waals surface area contributed by atoms with E-state index >= 15 is 0 Å². The van der Waals surface area contributed by atoms with Crippen LogP contribution in [0.15, 0.2) is 272 Å². The number of rotatable bonds is 8. The minimum absolute atomic E-state index is 0.770. The van der Waals surface area contributed by atoms with Crippen LogP contribution in [0.5, 0.6) is 0 Å². The van der Waals surface area contributed by atoms with Gasteiger partial charge in [-0.25, -0.2) is 0 Å². The number of fused-ring (bicyclic) bond motifs is 12. The van der Waals surface area contributed by atoms with Gasteiger partial charge in [0, 0.05) is 80.4 Å². The molecule has 0 saturated heterocycles. The van der Waals surface area contributed by atoms with E-state index in [2.05, 4.69) is 208 Å². The van der Waals surface area contributed by atoms with Gasteiger partial charge in [0.2, 0.25) is 0 Å². The van der Waals surface area contributed by atoms with Gasteiger partial charge in [0.15, 0.2) is 5.58 Å². The van der Waals surface area contributed by atoms with Crippen molar-refractivity contribution >= 4 is 87.7 Å². The highest BCUT2D eigenvalue weighted by atomic mass is 16.3. The van der Waals surface area contributed by atoms with Crippen molar-refractivity contribution in [3.8, 4) is 73.0 Å². The van der Waals surface area contributed by atoms with Gasteiger partial charge < -0.3 is 18.1 Å². The maximum Gasteiger partial charge on any atom is 0.159 e. The average molecular weight is 1050 g/mol. The van der Waals surface area contributed by atoms with E-state index in [4.69, 9.17) is 29.3 Å². The van der Waals surface area contributed by atoms with E-state index in [0.717, 1.165) is 161 Å². The molecule has 8 aromatic carbocycles. The van der Waals surface area contributed by atoms with Crippen molar-refractivity contribution in [1.82, 2.24) is 38.6 Å². The van der Waals surface area contributed by atoms with Gasteiger partial charge in [-0.15, -0.1) is 0 Å². The minimum atomic E-state index is 0.770. The first kappa shape index (κ1) is 45.7. The highest BCUT2D eigenvalue weighted by Gasteiger charge is 2.24. The van der Waals surface area contributed by atoms with Gasteiger partial charge in [-0.1, -0.05) is 97.1 Å². The summed E-state index contributed by atoms with van der Waals surface area (Å²) >= 11 is 0. The quantitative estimate of drug-likeness (QED) is 0.151. The lowest BCUT2D eigenvalue weighted by Gasteiger charge is -2.13. The van der Waals surface area contributed by atoms with Crippen molar-refractivity contribution in [1.29, 1.82) is 0 Å². The summed E-state index contributed by atoms with van der Waals surface area (Å²) in [4.78, 5) is 24.6. The zero-order valence-electron chi connectivity index (χ0n) is 43.9. The second-order valence-corrected chi connectivity index (χ2v) is 20.8. The SMILES string of the molecule is c1ccc(-n2c3ccc(-c4cc(-n5c6ccc(-c7ccccc7-c7ccccn7)cc6c6ncccc65)c5oc6ccc(-n7c8ccc(-c9ccccc9-c9ccccn9)cc8c8ncccc87)cc6c5c4)cc3c3ncccc32)cc1. The molecule has 17 aromatic rings. The lowest BCUT2D eigenvalue weighted by Crippen LogP contribution is -1.96. The van der Waals surface area contributed by atoms with Crippen molar-refractivity contribution in [2.45, 2.75) is 0 Å². The molecule has 9 heteroatoms. The lowest BCUT2D eigenvalue weighted by atomic mass is 9.96. The van der Waals surface area contributed by atoms with Crippen LogP contribution in [-0.4, -0.2) is 38.6 Å². The molecule has 0 saturated carbocycles. The molecular formula is C73H44N8O. The van der Waals surface area contributed by atoms with E-state index in [1.165, 1.54) is 0 Å². The number of pyridine rings is 5. The Bertz CT molecular complexity index is 5410. The Hall–Kier alpha value is -11.3. The monoisotopic (exact) mass is 1050 g/mol. The summed E-state index contributed by atoms with van der Waals surface area (Å²) in [5.74, 6) is 0. The van der Waals surface area contributed by atoms with Crippen molar-refractivity contribution in [2.24, 2.45) is 0 Å². The number of para-hydroxylation sites is 1. The molecule has 0 aliphatic rings. The van der Waals surface area contributed by atoms with Gasteiger partial charge in [-0.3, -0.25) is 24.9 Å². The van der Waals surface area contributed by atoms with E-state index in [1.54, 1.807) is 0 Å². The lowest BCUT2D eigenvalue weighted by molar-refractivity contribution is 0.666. The van der Waals surface area contributed by atoms with Crippen LogP contribution in [0, 0.1) is 0 Å². The maximum atomic E-state index is 7.21. The van der Waals surface area contributed by atoms with Gasteiger partial charge in [-0.05, 0) is 173 Å². The Balaban J connectivity index is 0.897. The van der Waals surface area contributed by atoms with E-state index < -0.39 is 0 Å². The summed E-state index contributed by atoms with van der Waals surface area (Å²) in [5.41, 5.74) is 24.0. The van der Waals surface area contributed by atoms with Crippen molar-refractivity contribution in [2.75, 3.05) is 0 Å². The largest absolute Gasteiger partial charge is 0.454 e. The molecule has 0 aliphatic heterocycles. The third-order valence-corrected chi connectivity index (χ3v) is 16.3. The highest BCUT2D eigenvalue weighted by molar-refractivity contribution is 6.16. The molecule has 0 amide bonds. The van der Waals surface area contributed by atoms with E-state index in [1.807, 2.05) is 73.4 Å². The second-order valence-electron chi connectivity index (χ2n) is 20.8. The fraction of sp³-hybridized carbons (Fsp3) is 0. The van der Waals surface area contributed by atoms with E-state index in [0.29, 0.717) is 0 Å². The van der Waals surface area contributed by atoms with Crippen molar-refractivity contribution in [3.63, 3.8) is 0 Å². The normalized spacial score (nSPS) is 11.9. The Kier molecular flexibility index (Phi) is 10.1. The summed E-state index contributed by atoms with van der Waals surface area (Å²) in [6.07, 6.45) is 9.35. The molecule has 0 fully saturated rings. The summed E-state index contributed by atoms with van der Waals surface area (Å²) < 4.78 is 14.2. The van der Waals surface area contributed by atoms with Crippen molar-refractivity contribution < 1.29 is 4.42 Å². The first-order valence-electron chi connectivity index (χ1n) is 27.4. The molecule has 9 aromatic heterocycles. The number of hydrogen-bond donors (Lipinski definition) is 0. The predicted octanol–water partition coefficient (Wildman–Crippen LogP) is 18.2. The molecule has 0 spiro atoms. The number of hydrogen-bond acceptors (Lipinski definition) is 6. The van der Waals surface area contributed by atoms with Gasteiger partial charge >= 0.3 is 0 Å². The maximum absolute atomic E-state index is 7.21. The third-order valence-electron chi connectivity index (χ3n) is 16.3. The summed E-state index contributed by atoms with van der Waals surface area (Å²) in [5, 5.41) is 5.14. The van der Waals surface area contributed by atoms with Crippen LogP contribution in [0.4, 0.5) is 0 Å². The van der Waals surface area contributed by atoms with Crippen LogP contribution in [0.1, 0.15) is 0 Å². The zero-order valence-corrected chi connectivity index (χ0v) is 43.9. The zero-order chi connectivity index (χ0) is 53.8. The van der Waals surface area contributed by atoms with Gasteiger partial charge in [0.05, 0.1) is 66.7 Å². The van der Waals surface area contributed by atoms with Crippen LogP contribution < -0.4 is 0 Å². The molecule has 9 heterocycles. The van der Waals surface area contributed by atoms with Crippen molar-refractivity contribution in [3.05, 3.63) is 268 Å². The van der Waals surface area contributed by atoms with Crippen LogP contribution in [0.2, 0.25) is 0 Å². The molecular weight excluding hydrogens is 1000 g/mol. The molecule has 0 N–H and O–H groups in total. The molecule has 82 heavy (non-hydrogen) atoms. The fourth-order valence-electron chi connectivity index (χ4n) is 12.7. The molecule has 382 valence electrons. The van der Waals surface area contributed by atoms with Crippen LogP contribution in [0.3, 0.4) is 0 Å². The molecule has 9 nitrogen and oxygen atoms in total. The molecule has 0 radical (unpaired) electrons. The number of nitrogens with zero attached hydrogens (tertiary/aromatic N) is 8. The van der Waals surface area contributed by atoms with E-state index in [9.17, 15) is 0 Å². The molecule has 17 rings (SSSR count).